The van der Waals surface area contributed by atoms with Crippen molar-refractivity contribution >= 4 is 17.1 Å². The summed E-state index contributed by atoms with van der Waals surface area (Å²) in [6.45, 7) is 0. The summed E-state index contributed by atoms with van der Waals surface area (Å²) >= 11 is 0. The first-order valence-electron chi connectivity index (χ1n) is 7.12. The predicted molar refractivity (Wildman–Crippen MR) is 89.5 cm³/mol. The first-order chi connectivity index (χ1) is 11.2. The molecule has 3 aromatic rings. The summed E-state index contributed by atoms with van der Waals surface area (Å²) < 4.78 is 10.6. The van der Waals surface area contributed by atoms with Gasteiger partial charge in [-0.05, 0) is 10.8 Å². The molecule has 4 nitrogen and oxygen atoms in total. The Morgan fingerprint density at radius 3 is 2.43 bits per heavy atom. The lowest BCUT2D eigenvalue weighted by Gasteiger charge is -2.16. The van der Waals surface area contributed by atoms with E-state index in [0.29, 0.717) is 28.2 Å². The van der Waals surface area contributed by atoms with Crippen LogP contribution < -0.4 is 9.47 Å². The molecule has 4 heteroatoms. The number of hydrogen-bond donors (Lipinski definition) is 1. The number of aldehydes is 1. The van der Waals surface area contributed by atoms with Gasteiger partial charge in [0, 0.05) is 23.3 Å². The number of fused-ring (bicyclic) bond motifs is 1. The SMILES string of the molecule is COc1cc(O)c(-c2c(C=O)ccc3ccccc23)c(OC)c1. The first kappa shape index (κ1) is 14.9. The molecule has 23 heavy (non-hydrogen) atoms. The molecule has 0 heterocycles. The number of phenolic OH excluding ortho intramolecular Hbond substituents is 1. The minimum Gasteiger partial charge on any atom is -0.507 e. The molecule has 0 aliphatic heterocycles. The minimum atomic E-state index is 0.000605. The molecule has 1 N–H and O–H groups in total. The summed E-state index contributed by atoms with van der Waals surface area (Å²) in [5, 5.41) is 12.3. The van der Waals surface area contributed by atoms with Gasteiger partial charge in [0.1, 0.15) is 17.2 Å². The van der Waals surface area contributed by atoms with Crippen molar-refractivity contribution in [3.63, 3.8) is 0 Å². The Labute approximate surface area is 133 Å². The van der Waals surface area contributed by atoms with E-state index in [0.717, 1.165) is 17.1 Å². The lowest BCUT2D eigenvalue weighted by Crippen LogP contribution is -1.95. The molecule has 3 aromatic carbocycles. The molecule has 0 aliphatic carbocycles. The van der Waals surface area contributed by atoms with Crippen LogP contribution in [0.1, 0.15) is 10.4 Å². The van der Waals surface area contributed by atoms with Crippen molar-refractivity contribution in [2.45, 2.75) is 0 Å². The van der Waals surface area contributed by atoms with Crippen molar-refractivity contribution in [1.29, 1.82) is 0 Å². The summed E-state index contributed by atoms with van der Waals surface area (Å²) in [6, 6.07) is 14.5. The predicted octanol–water partition coefficient (Wildman–Crippen LogP) is 4.04. The number of phenols is 1. The number of carbonyl (C=O) groups excluding carboxylic acids is 1. The van der Waals surface area contributed by atoms with Crippen LogP contribution in [0.4, 0.5) is 0 Å². The maximum Gasteiger partial charge on any atom is 0.150 e. The molecule has 0 radical (unpaired) electrons. The Bertz CT molecular complexity index is 884. The van der Waals surface area contributed by atoms with Crippen LogP contribution in [0, 0.1) is 0 Å². The summed E-state index contributed by atoms with van der Waals surface area (Å²) in [5.74, 6) is 0.929. The third-order valence-corrected chi connectivity index (χ3v) is 3.85. The average molecular weight is 308 g/mol. The normalized spacial score (nSPS) is 10.5. The minimum absolute atomic E-state index is 0.000605. The Morgan fingerprint density at radius 2 is 1.74 bits per heavy atom. The number of rotatable bonds is 4. The van der Waals surface area contributed by atoms with Gasteiger partial charge in [0.2, 0.25) is 0 Å². The molecule has 0 fully saturated rings. The highest BCUT2D eigenvalue weighted by atomic mass is 16.5. The zero-order valence-corrected chi connectivity index (χ0v) is 12.9. The van der Waals surface area contributed by atoms with Crippen molar-refractivity contribution in [3.8, 4) is 28.4 Å². The molecule has 116 valence electrons. The second-order valence-electron chi connectivity index (χ2n) is 5.09. The monoisotopic (exact) mass is 308 g/mol. The number of hydrogen-bond acceptors (Lipinski definition) is 4. The molecule has 0 amide bonds. The Balaban J connectivity index is 2.43. The zero-order valence-electron chi connectivity index (χ0n) is 12.9. The lowest BCUT2D eigenvalue weighted by molar-refractivity contribution is 0.112. The molecule has 3 rings (SSSR count). The van der Waals surface area contributed by atoms with Crippen molar-refractivity contribution in [2.24, 2.45) is 0 Å². The molecule has 0 saturated carbocycles. The van der Waals surface area contributed by atoms with Crippen LogP contribution in [-0.4, -0.2) is 25.6 Å². The van der Waals surface area contributed by atoms with Gasteiger partial charge in [0.25, 0.3) is 0 Å². The van der Waals surface area contributed by atoms with Crippen molar-refractivity contribution in [1.82, 2.24) is 0 Å². The van der Waals surface area contributed by atoms with Gasteiger partial charge in [0.15, 0.2) is 6.29 Å². The van der Waals surface area contributed by atoms with Crippen LogP contribution in [0.2, 0.25) is 0 Å². The van der Waals surface area contributed by atoms with Gasteiger partial charge in [-0.1, -0.05) is 36.4 Å². The van der Waals surface area contributed by atoms with Crippen molar-refractivity contribution in [2.75, 3.05) is 14.2 Å². The quantitative estimate of drug-likeness (QED) is 0.739. The summed E-state index contributed by atoms with van der Waals surface area (Å²) in [4.78, 5) is 11.5. The second kappa shape index (κ2) is 6.01. The number of benzene rings is 3. The highest BCUT2D eigenvalue weighted by Crippen LogP contribution is 2.44. The number of aromatic hydroxyl groups is 1. The number of ether oxygens (including phenoxy) is 2. The molecular weight excluding hydrogens is 292 g/mol. The van der Waals surface area contributed by atoms with Crippen LogP contribution in [0.3, 0.4) is 0 Å². The number of carbonyl (C=O) groups is 1. The molecule has 0 aromatic heterocycles. The van der Waals surface area contributed by atoms with Crippen LogP contribution in [0.15, 0.2) is 48.5 Å². The maximum absolute atomic E-state index is 11.5. The fourth-order valence-corrected chi connectivity index (χ4v) is 2.77. The molecule has 0 spiro atoms. The first-order valence-corrected chi connectivity index (χ1v) is 7.12. The fraction of sp³-hybridized carbons (Fsp3) is 0.105. The van der Waals surface area contributed by atoms with E-state index >= 15 is 0 Å². The third-order valence-electron chi connectivity index (χ3n) is 3.85. The van der Waals surface area contributed by atoms with Gasteiger partial charge in [-0.15, -0.1) is 0 Å². The Hall–Kier alpha value is -3.01. The standard InChI is InChI=1S/C19H16O4/c1-22-14-9-16(21)19(17(10-14)23-2)18-13(11-20)8-7-12-5-3-4-6-15(12)18/h3-11,21H,1-2H3. The Kier molecular flexibility index (Phi) is 3.89. The van der Waals surface area contributed by atoms with Gasteiger partial charge in [-0.2, -0.15) is 0 Å². The van der Waals surface area contributed by atoms with Crippen LogP contribution in [0.5, 0.6) is 17.2 Å². The van der Waals surface area contributed by atoms with Crippen LogP contribution >= 0.6 is 0 Å². The smallest absolute Gasteiger partial charge is 0.150 e. The number of methoxy groups -OCH3 is 2. The third kappa shape index (κ3) is 2.48. The van der Waals surface area contributed by atoms with E-state index in [1.165, 1.54) is 20.3 Å². The molecule has 0 bridgehead atoms. The molecule has 0 saturated heterocycles. The molecular formula is C19H16O4. The average Bonchev–Trinajstić information content (AvgIpc) is 2.60. The van der Waals surface area contributed by atoms with Crippen LogP contribution in [-0.2, 0) is 0 Å². The van der Waals surface area contributed by atoms with E-state index in [9.17, 15) is 9.90 Å². The van der Waals surface area contributed by atoms with E-state index in [2.05, 4.69) is 0 Å². The van der Waals surface area contributed by atoms with E-state index in [1.54, 1.807) is 12.1 Å². The van der Waals surface area contributed by atoms with Gasteiger partial charge in [0.05, 0.1) is 19.8 Å². The van der Waals surface area contributed by atoms with Gasteiger partial charge >= 0.3 is 0 Å². The highest BCUT2D eigenvalue weighted by molar-refractivity contribution is 6.06. The van der Waals surface area contributed by atoms with Crippen molar-refractivity contribution < 1.29 is 19.4 Å². The van der Waals surface area contributed by atoms with Gasteiger partial charge in [-0.25, -0.2) is 0 Å². The summed E-state index contributed by atoms with van der Waals surface area (Å²) in [5.41, 5.74) is 1.62. The molecule has 0 aliphatic rings. The van der Waals surface area contributed by atoms with E-state index in [4.69, 9.17) is 9.47 Å². The maximum atomic E-state index is 11.5. The molecule has 0 unspecified atom stereocenters. The second-order valence-corrected chi connectivity index (χ2v) is 5.09. The lowest BCUT2D eigenvalue weighted by atomic mass is 9.92. The summed E-state index contributed by atoms with van der Waals surface area (Å²) in [7, 11) is 3.03. The fourth-order valence-electron chi connectivity index (χ4n) is 2.77. The van der Waals surface area contributed by atoms with E-state index in [-0.39, 0.29) is 5.75 Å². The largest absolute Gasteiger partial charge is 0.507 e. The topological polar surface area (TPSA) is 55.8 Å². The van der Waals surface area contributed by atoms with Crippen LogP contribution in [0.25, 0.3) is 21.9 Å². The summed E-state index contributed by atoms with van der Waals surface area (Å²) in [6.07, 6.45) is 0.783. The molecule has 0 atom stereocenters. The van der Waals surface area contributed by atoms with E-state index < -0.39 is 0 Å². The van der Waals surface area contributed by atoms with E-state index in [1.807, 2.05) is 30.3 Å². The van der Waals surface area contributed by atoms with Gasteiger partial charge in [-0.3, -0.25) is 4.79 Å². The Morgan fingerprint density at radius 1 is 0.957 bits per heavy atom. The van der Waals surface area contributed by atoms with Gasteiger partial charge < -0.3 is 14.6 Å². The van der Waals surface area contributed by atoms with Crippen molar-refractivity contribution in [3.05, 3.63) is 54.1 Å². The zero-order chi connectivity index (χ0) is 16.4. The highest BCUT2D eigenvalue weighted by Gasteiger charge is 2.19.